The van der Waals surface area contributed by atoms with Crippen molar-refractivity contribution in [3.8, 4) is 0 Å². The van der Waals surface area contributed by atoms with Crippen LogP contribution in [0.3, 0.4) is 0 Å². The maximum atomic E-state index is 5.36. The van der Waals surface area contributed by atoms with Gasteiger partial charge in [-0.2, -0.15) is 0 Å². The highest BCUT2D eigenvalue weighted by Crippen LogP contribution is 2.37. The van der Waals surface area contributed by atoms with E-state index in [0.717, 1.165) is 6.42 Å². The summed E-state index contributed by atoms with van der Waals surface area (Å²) in [5, 5.41) is 3.28. The van der Waals surface area contributed by atoms with Crippen molar-refractivity contribution in [3.05, 3.63) is 24.4 Å². The Hall–Kier alpha value is -0.920. The molecule has 1 atom stereocenters. The van der Waals surface area contributed by atoms with Crippen molar-refractivity contribution >= 4 is 0 Å². The molecule has 140 valence electrons. The number of rotatable bonds is 15. The molecule has 0 aliphatic carbocycles. The van der Waals surface area contributed by atoms with E-state index in [1.54, 1.807) is 0 Å². The summed E-state index contributed by atoms with van der Waals surface area (Å²) in [5.41, 5.74) is 1.41. The number of nitrogens with one attached hydrogen (secondary N) is 1. The van der Waals surface area contributed by atoms with Crippen LogP contribution in [0, 0.1) is 5.41 Å². The molecule has 0 aromatic carbocycles. The number of allylic oxidation sites excluding steroid dienone is 1. The number of unbranched alkanes of at least 4 members (excludes halogenated alkanes) is 11. The van der Waals surface area contributed by atoms with Crippen molar-refractivity contribution in [2.24, 2.45) is 5.41 Å². The summed E-state index contributed by atoms with van der Waals surface area (Å²) in [6.07, 6.45) is 21.1. The van der Waals surface area contributed by atoms with Gasteiger partial charge in [0.05, 0.1) is 5.70 Å². The molecule has 2 heteroatoms. The standard InChI is InChI=1S/C22H41NO/c1-5-7-8-9-10-11-12-13-14-15-16-17-18-22(4,6-2)21-19-24-20(3)23-21/h19,23H,3,5-18H2,1-2,4H3. The molecule has 2 nitrogen and oxygen atoms in total. The third-order valence-corrected chi connectivity index (χ3v) is 5.61. The Labute approximate surface area is 151 Å². The Kier molecular flexibility index (Phi) is 11.0. The van der Waals surface area contributed by atoms with Crippen LogP contribution in [0.25, 0.3) is 0 Å². The molecule has 0 bridgehead atoms. The Bertz CT molecular complexity index is 374. The zero-order valence-electron chi connectivity index (χ0n) is 16.6. The first-order chi connectivity index (χ1) is 11.6. The van der Waals surface area contributed by atoms with Gasteiger partial charge in [0.2, 0.25) is 0 Å². The lowest BCUT2D eigenvalue weighted by Crippen LogP contribution is -2.25. The molecule has 0 spiro atoms. The largest absolute Gasteiger partial charge is 0.448 e. The van der Waals surface area contributed by atoms with E-state index in [-0.39, 0.29) is 5.41 Å². The van der Waals surface area contributed by atoms with Crippen LogP contribution in [-0.2, 0) is 4.74 Å². The molecule has 0 aromatic heterocycles. The SMILES string of the molecule is C=C1NC(C(C)(CC)CCCCCCCCCCCCCC)=CO1. The third kappa shape index (κ3) is 8.26. The van der Waals surface area contributed by atoms with Gasteiger partial charge in [0.1, 0.15) is 6.26 Å². The first-order valence-electron chi connectivity index (χ1n) is 10.5. The molecule has 1 aliphatic rings. The van der Waals surface area contributed by atoms with Gasteiger partial charge < -0.3 is 10.1 Å². The van der Waals surface area contributed by atoms with Gasteiger partial charge in [0.15, 0.2) is 5.88 Å². The summed E-state index contributed by atoms with van der Waals surface area (Å²) >= 11 is 0. The van der Waals surface area contributed by atoms with E-state index in [1.807, 2.05) is 6.26 Å². The summed E-state index contributed by atoms with van der Waals surface area (Å²) in [7, 11) is 0. The zero-order valence-corrected chi connectivity index (χ0v) is 16.6. The van der Waals surface area contributed by atoms with E-state index in [1.165, 1.54) is 89.2 Å². The number of hydrogen-bond donors (Lipinski definition) is 1. The van der Waals surface area contributed by atoms with Gasteiger partial charge in [-0.25, -0.2) is 0 Å². The zero-order chi connectivity index (χ0) is 17.7. The molecule has 0 saturated carbocycles. The summed E-state index contributed by atoms with van der Waals surface area (Å²) in [5.74, 6) is 0.666. The maximum Gasteiger partial charge on any atom is 0.189 e. The van der Waals surface area contributed by atoms with Crippen molar-refractivity contribution in [3.63, 3.8) is 0 Å². The van der Waals surface area contributed by atoms with Crippen molar-refractivity contribution in [2.75, 3.05) is 0 Å². The van der Waals surface area contributed by atoms with Gasteiger partial charge in [-0.1, -0.05) is 97.8 Å². The quantitative estimate of drug-likeness (QED) is 0.314. The fraction of sp³-hybridized carbons (Fsp3) is 0.818. The lowest BCUT2D eigenvalue weighted by Gasteiger charge is -2.29. The van der Waals surface area contributed by atoms with Gasteiger partial charge in [-0.3, -0.25) is 0 Å². The van der Waals surface area contributed by atoms with Crippen LogP contribution in [0.1, 0.15) is 111 Å². The molecule has 24 heavy (non-hydrogen) atoms. The Morgan fingerprint density at radius 1 is 0.875 bits per heavy atom. The molecule has 0 aromatic rings. The van der Waals surface area contributed by atoms with Gasteiger partial charge in [-0.05, 0) is 19.4 Å². The van der Waals surface area contributed by atoms with Crippen LogP contribution >= 0.6 is 0 Å². The second kappa shape index (κ2) is 12.4. The number of hydrogen-bond acceptors (Lipinski definition) is 2. The second-order valence-electron chi connectivity index (χ2n) is 7.75. The van der Waals surface area contributed by atoms with Crippen LogP contribution in [-0.4, -0.2) is 0 Å². The molecule has 1 heterocycles. The van der Waals surface area contributed by atoms with Crippen molar-refractivity contribution in [2.45, 2.75) is 111 Å². The van der Waals surface area contributed by atoms with Gasteiger partial charge >= 0.3 is 0 Å². The Balaban J connectivity index is 1.98. The van der Waals surface area contributed by atoms with E-state index >= 15 is 0 Å². The molecule has 0 amide bonds. The maximum absolute atomic E-state index is 5.36. The first-order valence-corrected chi connectivity index (χ1v) is 10.5. The minimum atomic E-state index is 0.206. The minimum Gasteiger partial charge on any atom is -0.448 e. The molecule has 0 fully saturated rings. The average molecular weight is 336 g/mol. The summed E-state index contributed by atoms with van der Waals surface area (Å²) < 4.78 is 5.36. The highest BCUT2D eigenvalue weighted by atomic mass is 16.5. The fourth-order valence-corrected chi connectivity index (χ4v) is 3.49. The van der Waals surface area contributed by atoms with Crippen molar-refractivity contribution < 1.29 is 4.74 Å². The van der Waals surface area contributed by atoms with E-state index in [4.69, 9.17) is 4.74 Å². The molecule has 1 rings (SSSR count). The van der Waals surface area contributed by atoms with E-state index < -0.39 is 0 Å². The van der Waals surface area contributed by atoms with E-state index in [0.29, 0.717) is 5.88 Å². The summed E-state index contributed by atoms with van der Waals surface area (Å²) in [4.78, 5) is 0. The highest BCUT2D eigenvalue weighted by Gasteiger charge is 2.30. The van der Waals surface area contributed by atoms with E-state index in [2.05, 4.69) is 32.7 Å². The smallest absolute Gasteiger partial charge is 0.189 e. The molecule has 1 N–H and O–H groups in total. The monoisotopic (exact) mass is 335 g/mol. The molecular formula is C22H41NO. The Morgan fingerprint density at radius 3 is 1.79 bits per heavy atom. The first kappa shape index (κ1) is 21.1. The molecule has 0 saturated heterocycles. The fourth-order valence-electron chi connectivity index (χ4n) is 3.49. The Morgan fingerprint density at radius 2 is 1.38 bits per heavy atom. The number of ether oxygens (including phenoxy) is 1. The predicted molar refractivity (Wildman–Crippen MR) is 106 cm³/mol. The van der Waals surface area contributed by atoms with Crippen LogP contribution < -0.4 is 5.32 Å². The molecule has 1 unspecified atom stereocenters. The van der Waals surface area contributed by atoms with Gasteiger partial charge in [0, 0.05) is 5.41 Å². The van der Waals surface area contributed by atoms with Crippen LogP contribution in [0.2, 0.25) is 0 Å². The normalized spacial score (nSPS) is 16.5. The highest BCUT2D eigenvalue weighted by molar-refractivity contribution is 5.17. The van der Waals surface area contributed by atoms with Crippen LogP contribution in [0.5, 0.6) is 0 Å². The molecule has 1 aliphatic heterocycles. The lowest BCUT2D eigenvalue weighted by molar-refractivity contribution is 0.322. The van der Waals surface area contributed by atoms with Crippen molar-refractivity contribution in [1.29, 1.82) is 0 Å². The van der Waals surface area contributed by atoms with Crippen LogP contribution in [0.15, 0.2) is 24.4 Å². The average Bonchev–Trinajstić information content (AvgIpc) is 3.03. The second-order valence-corrected chi connectivity index (χ2v) is 7.75. The van der Waals surface area contributed by atoms with Gasteiger partial charge in [-0.15, -0.1) is 0 Å². The third-order valence-electron chi connectivity index (χ3n) is 5.61. The lowest BCUT2D eigenvalue weighted by atomic mass is 9.79. The predicted octanol–water partition coefficient (Wildman–Crippen LogP) is 7.43. The molecule has 0 radical (unpaired) electrons. The van der Waals surface area contributed by atoms with Crippen molar-refractivity contribution in [1.82, 2.24) is 5.32 Å². The topological polar surface area (TPSA) is 21.3 Å². The van der Waals surface area contributed by atoms with Gasteiger partial charge in [0.25, 0.3) is 0 Å². The minimum absolute atomic E-state index is 0.206. The summed E-state index contributed by atoms with van der Waals surface area (Å²) in [6.45, 7) is 10.7. The summed E-state index contributed by atoms with van der Waals surface area (Å²) in [6, 6.07) is 0. The van der Waals surface area contributed by atoms with E-state index in [9.17, 15) is 0 Å². The van der Waals surface area contributed by atoms with Crippen LogP contribution in [0.4, 0.5) is 0 Å². The molecular weight excluding hydrogens is 294 g/mol.